The van der Waals surface area contributed by atoms with Gasteiger partial charge in [0.25, 0.3) is 0 Å². The number of allylic oxidation sites excluding steroid dienone is 2. The number of ether oxygens (including phenoxy) is 2. The predicted octanol–water partition coefficient (Wildman–Crippen LogP) is 3.26. The van der Waals surface area contributed by atoms with E-state index in [0.717, 1.165) is 0 Å². The lowest BCUT2D eigenvalue weighted by atomic mass is 10.2. The molecule has 0 atom stereocenters. The fourth-order valence-electron chi connectivity index (χ4n) is 1.80. The molecular weight excluding hydrogens is 258 g/mol. The van der Waals surface area contributed by atoms with E-state index in [0.29, 0.717) is 5.57 Å². The van der Waals surface area contributed by atoms with Crippen molar-refractivity contribution in [3.05, 3.63) is 24.0 Å². The minimum Gasteiger partial charge on any atom is -0.469 e. The first-order valence-corrected chi connectivity index (χ1v) is 6.70. The predicted molar refractivity (Wildman–Crippen MR) is 78.1 cm³/mol. The number of hydrogen-bond acceptors (Lipinski definition) is 4. The fourth-order valence-corrected chi connectivity index (χ4v) is 1.80. The third kappa shape index (κ3) is 6.41. The largest absolute Gasteiger partial charge is 0.469 e. The molecule has 0 aromatic carbocycles. The lowest BCUT2D eigenvalue weighted by molar-refractivity contribution is -0.139. The van der Waals surface area contributed by atoms with E-state index in [2.05, 4.69) is 4.74 Å². The summed E-state index contributed by atoms with van der Waals surface area (Å²) in [5.41, 5.74) is 0.583. The van der Waals surface area contributed by atoms with Gasteiger partial charge in [-0.25, -0.2) is 4.79 Å². The molecule has 0 fully saturated rings. The number of hydrogen-bond donors (Lipinski definition) is 0. The second-order valence-electron chi connectivity index (χ2n) is 4.92. The number of esters is 1. The average molecular weight is 283 g/mol. The monoisotopic (exact) mass is 283 g/mol. The Bertz CT molecular complexity index is 375. The molecule has 5 heteroatoms. The minimum atomic E-state index is -0.429. The van der Waals surface area contributed by atoms with Gasteiger partial charge in [-0.3, -0.25) is 4.79 Å². The van der Waals surface area contributed by atoms with Gasteiger partial charge in [-0.15, -0.1) is 0 Å². The van der Waals surface area contributed by atoms with Gasteiger partial charge in [-0.2, -0.15) is 0 Å². The summed E-state index contributed by atoms with van der Waals surface area (Å²) < 4.78 is 9.75. The molecule has 0 aromatic rings. The molecule has 5 nitrogen and oxygen atoms in total. The average Bonchev–Trinajstić information content (AvgIpc) is 2.35. The van der Waals surface area contributed by atoms with Gasteiger partial charge in [-0.1, -0.05) is 12.2 Å². The highest BCUT2D eigenvalue weighted by atomic mass is 16.5. The third-order valence-corrected chi connectivity index (χ3v) is 2.59. The summed E-state index contributed by atoms with van der Waals surface area (Å²) in [5.74, 6) is -0.380. The van der Waals surface area contributed by atoms with Crippen molar-refractivity contribution < 1.29 is 19.1 Å². The van der Waals surface area contributed by atoms with Gasteiger partial charge in [0, 0.05) is 12.1 Å². The van der Waals surface area contributed by atoms with Crippen LogP contribution in [0.1, 0.15) is 41.0 Å². The molecule has 0 aromatic heterocycles. The zero-order chi connectivity index (χ0) is 15.7. The van der Waals surface area contributed by atoms with Crippen molar-refractivity contribution in [2.45, 2.75) is 53.1 Å². The van der Waals surface area contributed by atoms with E-state index < -0.39 is 6.09 Å². The van der Waals surface area contributed by atoms with Crippen LogP contribution in [0.4, 0.5) is 4.79 Å². The molecule has 0 heterocycles. The standard InChI is InChI=1S/C15H25NO4/c1-7-8-13(9-14(17)19-6)10-20-15(18)16(11(2)3)12(4)5/h7-8,10-12H,9H2,1-6H3/b8-7+,13-10+. The maximum absolute atomic E-state index is 12.0. The molecule has 0 N–H and O–H groups in total. The number of methoxy groups -OCH3 is 1. The topological polar surface area (TPSA) is 55.8 Å². The fraction of sp³-hybridized carbons (Fsp3) is 0.600. The number of carbonyl (C=O) groups is 2. The summed E-state index contributed by atoms with van der Waals surface area (Å²) in [5, 5.41) is 0. The van der Waals surface area contributed by atoms with Crippen molar-refractivity contribution in [3.63, 3.8) is 0 Å². The number of amides is 1. The summed E-state index contributed by atoms with van der Waals surface area (Å²) in [6.45, 7) is 9.51. The molecule has 0 unspecified atom stereocenters. The van der Waals surface area contributed by atoms with Crippen molar-refractivity contribution in [1.29, 1.82) is 0 Å². The first kappa shape index (κ1) is 18.2. The van der Waals surface area contributed by atoms with Crippen LogP contribution in [-0.2, 0) is 14.3 Å². The first-order valence-electron chi connectivity index (χ1n) is 6.70. The molecule has 114 valence electrons. The molecule has 0 radical (unpaired) electrons. The molecule has 0 spiro atoms. The van der Waals surface area contributed by atoms with Crippen LogP contribution in [0.15, 0.2) is 24.0 Å². The van der Waals surface area contributed by atoms with Crippen molar-refractivity contribution in [3.8, 4) is 0 Å². The van der Waals surface area contributed by atoms with Crippen LogP contribution in [0.5, 0.6) is 0 Å². The number of rotatable bonds is 6. The lowest BCUT2D eigenvalue weighted by Crippen LogP contribution is -2.41. The van der Waals surface area contributed by atoms with Crippen LogP contribution in [0.25, 0.3) is 0 Å². The number of nitrogens with zero attached hydrogens (tertiary/aromatic N) is 1. The molecule has 0 aliphatic carbocycles. The van der Waals surface area contributed by atoms with Crippen LogP contribution in [0.3, 0.4) is 0 Å². The van der Waals surface area contributed by atoms with E-state index in [4.69, 9.17) is 4.74 Å². The maximum atomic E-state index is 12.0. The molecule has 1 amide bonds. The summed E-state index contributed by atoms with van der Waals surface area (Å²) in [4.78, 5) is 24.9. The Labute approximate surface area is 121 Å². The highest BCUT2D eigenvalue weighted by molar-refractivity contribution is 5.73. The third-order valence-electron chi connectivity index (χ3n) is 2.59. The van der Waals surface area contributed by atoms with Gasteiger partial charge in [-0.05, 0) is 40.2 Å². The molecule has 0 aliphatic heterocycles. The molecule has 0 saturated carbocycles. The second-order valence-corrected chi connectivity index (χ2v) is 4.92. The van der Waals surface area contributed by atoms with E-state index in [9.17, 15) is 9.59 Å². The lowest BCUT2D eigenvalue weighted by Gasteiger charge is -2.29. The Balaban J connectivity index is 4.84. The molecule has 0 aliphatic rings. The Morgan fingerprint density at radius 1 is 1.15 bits per heavy atom. The summed E-state index contributed by atoms with van der Waals surface area (Å²) >= 11 is 0. The Kier molecular flexibility index (Phi) is 8.36. The summed E-state index contributed by atoms with van der Waals surface area (Å²) in [6, 6.07) is 0.0864. The first-order chi connectivity index (χ1) is 9.33. The zero-order valence-electron chi connectivity index (χ0n) is 13.2. The maximum Gasteiger partial charge on any atom is 0.415 e. The van der Waals surface area contributed by atoms with Crippen molar-refractivity contribution in [2.75, 3.05) is 7.11 Å². The van der Waals surface area contributed by atoms with Crippen molar-refractivity contribution in [2.24, 2.45) is 0 Å². The van der Waals surface area contributed by atoms with Crippen molar-refractivity contribution in [1.82, 2.24) is 4.90 Å². The second kappa shape index (κ2) is 9.18. The smallest absolute Gasteiger partial charge is 0.415 e. The van der Waals surface area contributed by atoms with Crippen LogP contribution in [0.2, 0.25) is 0 Å². The summed E-state index contributed by atoms with van der Waals surface area (Å²) in [6.07, 6.45) is 4.42. The Morgan fingerprint density at radius 2 is 1.70 bits per heavy atom. The van der Waals surface area contributed by atoms with Crippen LogP contribution < -0.4 is 0 Å². The Morgan fingerprint density at radius 3 is 2.10 bits per heavy atom. The van der Waals surface area contributed by atoms with E-state index >= 15 is 0 Å². The van der Waals surface area contributed by atoms with E-state index in [1.165, 1.54) is 13.4 Å². The van der Waals surface area contributed by atoms with Crippen molar-refractivity contribution >= 4 is 12.1 Å². The zero-order valence-corrected chi connectivity index (χ0v) is 13.2. The molecule has 0 bridgehead atoms. The van der Waals surface area contributed by atoms with E-state index in [-0.39, 0.29) is 24.5 Å². The molecule has 0 rings (SSSR count). The Hall–Kier alpha value is -1.78. The molecular formula is C15H25NO4. The van der Waals surface area contributed by atoms with Gasteiger partial charge >= 0.3 is 12.1 Å². The van der Waals surface area contributed by atoms with Crippen LogP contribution in [0, 0.1) is 0 Å². The van der Waals surface area contributed by atoms with Gasteiger partial charge in [0.1, 0.15) is 6.26 Å². The van der Waals surface area contributed by atoms with Gasteiger partial charge in [0.2, 0.25) is 0 Å². The van der Waals surface area contributed by atoms with Gasteiger partial charge in [0.05, 0.1) is 13.5 Å². The highest BCUT2D eigenvalue weighted by Gasteiger charge is 2.21. The van der Waals surface area contributed by atoms with Gasteiger partial charge < -0.3 is 14.4 Å². The van der Waals surface area contributed by atoms with E-state index in [1.807, 2.05) is 34.6 Å². The van der Waals surface area contributed by atoms with Crippen LogP contribution >= 0.6 is 0 Å². The summed E-state index contributed by atoms with van der Waals surface area (Å²) in [7, 11) is 1.32. The highest BCUT2D eigenvalue weighted by Crippen LogP contribution is 2.10. The van der Waals surface area contributed by atoms with Gasteiger partial charge in [0.15, 0.2) is 0 Å². The van der Waals surface area contributed by atoms with E-state index in [1.54, 1.807) is 17.1 Å². The minimum absolute atomic E-state index is 0.0432. The molecule has 20 heavy (non-hydrogen) atoms. The van der Waals surface area contributed by atoms with Crippen LogP contribution in [-0.4, -0.2) is 36.2 Å². The molecule has 0 saturated heterocycles. The number of carbonyl (C=O) groups excluding carboxylic acids is 2. The SMILES string of the molecule is C/C=C/C(=C\OC(=O)N(C(C)C)C(C)C)CC(=O)OC. The quantitative estimate of drug-likeness (QED) is 0.426. The normalized spacial score (nSPS) is 12.1.